The van der Waals surface area contributed by atoms with Crippen LogP contribution in [0.3, 0.4) is 0 Å². The molecule has 2 aromatic rings. The number of carbonyl (C=O) groups is 2. The van der Waals surface area contributed by atoms with E-state index in [1.807, 2.05) is 32.9 Å². The number of rotatable bonds is 4. The smallest absolute Gasteiger partial charge is 0.305 e. The summed E-state index contributed by atoms with van der Waals surface area (Å²) in [6, 6.07) is 3.96. The summed E-state index contributed by atoms with van der Waals surface area (Å²) in [5, 5.41) is 12.9. The van der Waals surface area contributed by atoms with E-state index < -0.39 is 17.4 Å². The molecule has 1 aliphatic rings. The van der Waals surface area contributed by atoms with Crippen LogP contribution >= 0.6 is 0 Å². The summed E-state index contributed by atoms with van der Waals surface area (Å²) in [6.45, 7) is 6.39. The summed E-state index contributed by atoms with van der Waals surface area (Å²) in [4.78, 5) is 23.9. The monoisotopic (exact) mass is 331 g/mol. The van der Waals surface area contributed by atoms with E-state index >= 15 is 0 Å². The van der Waals surface area contributed by atoms with E-state index in [4.69, 9.17) is 14.3 Å². The molecular weight excluding hydrogens is 310 g/mol. The Kier molecular flexibility index (Phi) is 4.09. The quantitative estimate of drug-likeness (QED) is 0.899. The zero-order valence-corrected chi connectivity index (χ0v) is 14.1. The Hall–Kier alpha value is -2.34. The van der Waals surface area contributed by atoms with Gasteiger partial charge in [0.1, 0.15) is 5.58 Å². The van der Waals surface area contributed by atoms with Crippen LogP contribution in [0.2, 0.25) is 0 Å². The van der Waals surface area contributed by atoms with Gasteiger partial charge in [-0.25, -0.2) is 0 Å². The normalized spacial score (nSPS) is 20.5. The summed E-state index contributed by atoms with van der Waals surface area (Å²) in [6.07, 6.45) is 0.304. The van der Waals surface area contributed by atoms with Crippen LogP contribution in [0.1, 0.15) is 40.1 Å². The first-order valence-electron chi connectivity index (χ1n) is 7.94. The Morgan fingerprint density at radius 2 is 1.96 bits per heavy atom. The first kappa shape index (κ1) is 16.5. The molecule has 0 radical (unpaired) electrons. The summed E-state index contributed by atoms with van der Waals surface area (Å²) in [7, 11) is 0. The van der Waals surface area contributed by atoms with Crippen molar-refractivity contribution >= 4 is 22.8 Å². The van der Waals surface area contributed by atoms with E-state index in [9.17, 15) is 9.59 Å². The average Bonchev–Trinajstić information content (AvgIpc) is 3.08. The van der Waals surface area contributed by atoms with Gasteiger partial charge >= 0.3 is 5.97 Å². The summed E-state index contributed by atoms with van der Waals surface area (Å²) < 4.78 is 11.1. The highest BCUT2D eigenvalue weighted by Gasteiger charge is 2.39. The van der Waals surface area contributed by atoms with Crippen molar-refractivity contribution in [1.29, 1.82) is 0 Å². The molecule has 6 nitrogen and oxygen atoms in total. The standard InChI is InChI=1S/C18H21NO5/c1-10-4-5-11(2)15-14(10)12(3)16(24-15)17(22)19-18(8-13(20)21)6-7-23-9-18/h4-5H,6-9H2,1-3H3,(H,19,22)(H,20,21). The number of carboxylic acid groups (broad SMARTS) is 1. The minimum Gasteiger partial charge on any atom is -0.481 e. The van der Waals surface area contributed by atoms with Crippen molar-refractivity contribution in [1.82, 2.24) is 5.32 Å². The molecule has 1 saturated heterocycles. The molecule has 1 atom stereocenters. The fraction of sp³-hybridized carbons (Fsp3) is 0.444. The molecule has 24 heavy (non-hydrogen) atoms. The van der Waals surface area contributed by atoms with Crippen LogP contribution in [0.5, 0.6) is 0 Å². The first-order valence-corrected chi connectivity index (χ1v) is 7.94. The van der Waals surface area contributed by atoms with Gasteiger partial charge in [0.05, 0.1) is 18.6 Å². The second-order valence-electron chi connectivity index (χ2n) is 6.57. The molecule has 1 aromatic carbocycles. The van der Waals surface area contributed by atoms with Crippen LogP contribution in [-0.2, 0) is 9.53 Å². The largest absolute Gasteiger partial charge is 0.481 e. The molecule has 0 saturated carbocycles. The van der Waals surface area contributed by atoms with Crippen LogP contribution in [0.4, 0.5) is 0 Å². The van der Waals surface area contributed by atoms with Crippen molar-refractivity contribution in [3.05, 3.63) is 34.6 Å². The summed E-state index contributed by atoms with van der Waals surface area (Å²) in [5.41, 5.74) is 2.60. The van der Waals surface area contributed by atoms with E-state index in [0.29, 0.717) is 18.6 Å². The number of fused-ring (bicyclic) bond motifs is 1. The van der Waals surface area contributed by atoms with Gasteiger partial charge in [0.25, 0.3) is 5.91 Å². The van der Waals surface area contributed by atoms with E-state index in [-0.39, 0.29) is 18.8 Å². The fourth-order valence-corrected chi connectivity index (χ4v) is 3.37. The highest BCUT2D eigenvalue weighted by atomic mass is 16.5. The molecule has 0 spiro atoms. The van der Waals surface area contributed by atoms with Crippen molar-refractivity contribution in [2.24, 2.45) is 0 Å². The number of carboxylic acids is 1. The van der Waals surface area contributed by atoms with Crippen LogP contribution < -0.4 is 5.32 Å². The third-order valence-electron chi connectivity index (χ3n) is 4.66. The highest BCUT2D eigenvalue weighted by Crippen LogP contribution is 2.31. The van der Waals surface area contributed by atoms with Gasteiger partial charge in [0.15, 0.2) is 5.76 Å². The lowest BCUT2D eigenvalue weighted by atomic mass is 9.94. The number of aryl methyl sites for hydroxylation is 3. The Morgan fingerprint density at radius 3 is 2.54 bits per heavy atom. The Labute approximate surface area is 139 Å². The van der Waals surface area contributed by atoms with E-state index in [0.717, 1.165) is 22.1 Å². The zero-order chi connectivity index (χ0) is 17.5. The third-order valence-corrected chi connectivity index (χ3v) is 4.66. The maximum absolute atomic E-state index is 12.7. The molecule has 1 unspecified atom stereocenters. The lowest BCUT2D eigenvalue weighted by Gasteiger charge is -2.26. The maximum Gasteiger partial charge on any atom is 0.305 e. The molecule has 2 heterocycles. The van der Waals surface area contributed by atoms with E-state index in [1.165, 1.54) is 0 Å². The van der Waals surface area contributed by atoms with Crippen molar-refractivity contribution in [3.63, 3.8) is 0 Å². The first-order chi connectivity index (χ1) is 11.3. The predicted molar refractivity (Wildman–Crippen MR) is 88.3 cm³/mol. The minimum atomic E-state index is -0.964. The third kappa shape index (κ3) is 2.78. The molecule has 128 valence electrons. The molecule has 1 amide bonds. The number of hydrogen-bond donors (Lipinski definition) is 2. The number of ether oxygens (including phenoxy) is 1. The number of amides is 1. The number of hydrogen-bond acceptors (Lipinski definition) is 4. The number of nitrogens with one attached hydrogen (secondary N) is 1. The predicted octanol–water partition coefficient (Wildman–Crippen LogP) is 2.72. The van der Waals surface area contributed by atoms with Gasteiger partial charge in [-0.1, -0.05) is 12.1 Å². The Balaban J connectivity index is 1.97. The second-order valence-corrected chi connectivity index (χ2v) is 6.57. The van der Waals surface area contributed by atoms with Crippen molar-refractivity contribution < 1.29 is 23.8 Å². The van der Waals surface area contributed by atoms with Gasteiger partial charge in [-0.05, 0) is 38.3 Å². The summed E-state index contributed by atoms with van der Waals surface area (Å²) in [5.74, 6) is -1.12. The van der Waals surface area contributed by atoms with Gasteiger partial charge in [0, 0.05) is 17.6 Å². The number of benzene rings is 1. The molecule has 3 rings (SSSR count). The van der Waals surface area contributed by atoms with Crippen molar-refractivity contribution in [2.75, 3.05) is 13.2 Å². The molecular formula is C18H21NO5. The van der Waals surface area contributed by atoms with Crippen LogP contribution in [0.15, 0.2) is 16.5 Å². The molecule has 1 aromatic heterocycles. The lowest BCUT2D eigenvalue weighted by molar-refractivity contribution is -0.138. The topological polar surface area (TPSA) is 88.8 Å². The van der Waals surface area contributed by atoms with Crippen molar-refractivity contribution in [2.45, 2.75) is 39.2 Å². The van der Waals surface area contributed by atoms with Crippen LogP contribution in [0, 0.1) is 20.8 Å². The molecule has 0 aliphatic carbocycles. The van der Waals surface area contributed by atoms with Gasteiger partial charge in [-0.15, -0.1) is 0 Å². The molecule has 1 aliphatic heterocycles. The minimum absolute atomic E-state index is 0.171. The number of furan rings is 1. The van der Waals surface area contributed by atoms with E-state index in [2.05, 4.69) is 5.32 Å². The van der Waals surface area contributed by atoms with Crippen molar-refractivity contribution in [3.8, 4) is 0 Å². The van der Waals surface area contributed by atoms with Crippen LogP contribution in [-0.4, -0.2) is 35.7 Å². The number of carbonyl (C=O) groups excluding carboxylic acids is 1. The van der Waals surface area contributed by atoms with E-state index in [1.54, 1.807) is 0 Å². The molecule has 1 fully saturated rings. The molecule has 0 bridgehead atoms. The van der Waals surface area contributed by atoms with Crippen LogP contribution in [0.25, 0.3) is 11.0 Å². The van der Waals surface area contributed by atoms with Gasteiger partial charge in [0.2, 0.25) is 0 Å². The highest BCUT2D eigenvalue weighted by molar-refractivity contribution is 6.01. The Bertz CT molecular complexity index is 814. The van der Waals surface area contributed by atoms with Gasteiger partial charge < -0.3 is 19.6 Å². The molecule has 6 heteroatoms. The Morgan fingerprint density at radius 1 is 1.25 bits per heavy atom. The SMILES string of the molecule is Cc1ccc(C)c2c(C)c(C(=O)NC3(CC(=O)O)CCOC3)oc12. The maximum atomic E-state index is 12.7. The second kappa shape index (κ2) is 5.94. The average molecular weight is 331 g/mol. The van der Waals surface area contributed by atoms with Gasteiger partial charge in [-0.3, -0.25) is 9.59 Å². The zero-order valence-electron chi connectivity index (χ0n) is 14.1. The fourth-order valence-electron chi connectivity index (χ4n) is 3.37. The summed E-state index contributed by atoms with van der Waals surface area (Å²) >= 11 is 0. The molecule has 2 N–H and O–H groups in total. The number of aliphatic carboxylic acids is 1. The lowest BCUT2D eigenvalue weighted by Crippen LogP contribution is -2.50. The van der Waals surface area contributed by atoms with Gasteiger partial charge in [-0.2, -0.15) is 0 Å².